The highest BCUT2D eigenvalue weighted by Gasteiger charge is 2.41. The normalized spacial score (nSPS) is 23.1. The maximum Gasteiger partial charge on any atom is 0.393 e. The topological polar surface area (TPSA) is 21.7 Å². The zero-order chi connectivity index (χ0) is 19.7. The lowest BCUT2D eigenvalue weighted by Crippen LogP contribution is -2.41. The monoisotopic (exact) mass is 455 g/mol. The third-order valence-electron chi connectivity index (χ3n) is 5.26. The van der Waals surface area contributed by atoms with E-state index in [1.807, 2.05) is 47.4 Å². The Labute approximate surface area is 170 Å². The van der Waals surface area contributed by atoms with Gasteiger partial charge in [-0.3, -0.25) is 4.90 Å². The van der Waals surface area contributed by atoms with E-state index >= 15 is 0 Å². The lowest BCUT2D eigenvalue weighted by Gasteiger charge is -2.35. The van der Waals surface area contributed by atoms with Crippen molar-refractivity contribution in [1.29, 1.82) is 0 Å². The highest BCUT2D eigenvalue weighted by molar-refractivity contribution is 9.10. The first kappa shape index (κ1) is 19.7. The second-order valence-corrected chi connectivity index (χ2v) is 8.26. The van der Waals surface area contributed by atoms with Gasteiger partial charge in [-0.1, -0.05) is 46.3 Å². The van der Waals surface area contributed by atoms with Gasteiger partial charge in [0, 0.05) is 34.3 Å². The quantitative estimate of drug-likeness (QED) is 0.580. The maximum absolute atomic E-state index is 13.2. The first-order valence-electron chi connectivity index (χ1n) is 9.34. The second-order valence-electron chi connectivity index (χ2n) is 7.34. The summed E-state index contributed by atoms with van der Waals surface area (Å²) in [6.07, 6.45) is -3.90. The molecule has 3 nitrogen and oxygen atoms in total. The summed E-state index contributed by atoms with van der Waals surface area (Å²) >= 11 is 3.50. The molecule has 0 bridgehead atoms. The van der Waals surface area contributed by atoms with Gasteiger partial charge in [-0.05, 0) is 31.5 Å². The summed E-state index contributed by atoms with van der Waals surface area (Å²) in [5.74, 6) is -0.539. The molecule has 0 spiro atoms. The maximum atomic E-state index is 13.2. The van der Waals surface area contributed by atoms with Crippen LogP contribution in [-0.2, 0) is 17.9 Å². The molecule has 150 valence electrons. The number of ether oxygens (including phenoxy) is 2. The largest absolute Gasteiger partial charge is 0.460 e. The van der Waals surface area contributed by atoms with E-state index in [9.17, 15) is 13.2 Å². The fourth-order valence-corrected chi connectivity index (χ4v) is 4.43. The standard InChI is InChI=1S/C21H21BrF3NO2/c22-18-9-15(11-26-8-4-7-17(12-26)21(23,24)25)19-16(10-18)13-27-20(28-19)14-5-2-1-3-6-14/h1-3,5-6,9-10,17,20H,4,7-8,11-13H2. The molecule has 0 radical (unpaired) electrons. The molecule has 0 amide bonds. The van der Waals surface area contributed by atoms with E-state index in [2.05, 4.69) is 15.9 Å². The van der Waals surface area contributed by atoms with Gasteiger partial charge in [0.2, 0.25) is 6.29 Å². The Morgan fingerprint density at radius 1 is 1.14 bits per heavy atom. The molecule has 1 saturated heterocycles. The van der Waals surface area contributed by atoms with Crippen molar-refractivity contribution in [3.8, 4) is 5.75 Å². The Morgan fingerprint density at radius 2 is 1.93 bits per heavy atom. The number of hydrogen-bond acceptors (Lipinski definition) is 3. The molecule has 0 N–H and O–H groups in total. The SMILES string of the molecule is FC(F)(F)C1CCCN(Cc2cc(Br)cc3c2OC(c2ccccc2)OC3)C1. The van der Waals surface area contributed by atoms with Gasteiger partial charge in [0.05, 0.1) is 12.5 Å². The molecule has 0 aromatic heterocycles. The van der Waals surface area contributed by atoms with Crippen LogP contribution in [0.15, 0.2) is 46.9 Å². The van der Waals surface area contributed by atoms with E-state index in [4.69, 9.17) is 9.47 Å². The molecule has 2 aromatic rings. The van der Waals surface area contributed by atoms with Crippen molar-refractivity contribution >= 4 is 15.9 Å². The van der Waals surface area contributed by atoms with Crippen LogP contribution in [0.1, 0.15) is 35.8 Å². The molecule has 1 fully saturated rings. The van der Waals surface area contributed by atoms with Crippen LogP contribution in [-0.4, -0.2) is 24.2 Å². The van der Waals surface area contributed by atoms with E-state index in [0.29, 0.717) is 26.1 Å². The van der Waals surface area contributed by atoms with E-state index in [0.717, 1.165) is 26.9 Å². The van der Waals surface area contributed by atoms with Crippen LogP contribution in [0.25, 0.3) is 0 Å². The summed E-state index contributed by atoms with van der Waals surface area (Å²) in [5, 5.41) is 0. The fourth-order valence-electron chi connectivity index (χ4n) is 3.88. The molecule has 2 atom stereocenters. The zero-order valence-electron chi connectivity index (χ0n) is 15.2. The van der Waals surface area contributed by atoms with Crippen molar-refractivity contribution in [2.45, 2.75) is 38.5 Å². The van der Waals surface area contributed by atoms with Gasteiger partial charge in [0.1, 0.15) is 5.75 Å². The highest BCUT2D eigenvalue weighted by Crippen LogP contribution is 2.39. The molecule has 2 aliphatic heterocycles. The number of piperidine rings is 1. The van der Waals surface area contributed by atoms with Crippen molar-refractivity contribution < 1.29 is 22.6 Å². The smallest absolute Gasteiger partial charge is 0.393 e. The van der Waals surface area contributed by atoms with Crippen LogP contribution in [0.2, 0.25) is 0 Å². The van der Waals surface area contributed by atoms with Gasteiger partial charge in [-0.2, -0.15) is 13.2 Å². The number of nitrogens with zero attached hydrogens (tertiary/aromatic N) is 1. The fraction of sp³-hybridized carbons (Fsp3) is 0.429. The molecule has 28 heavy (non-hydrogen) atoms. The molecule has 0 aliphatic carbocycles. The average Bonchev–Trinajstić information content (AvgIpc) is 2.68. The second kappa shape index (κ2) is 8.05. The average molecular weight is 456 g/mol. The molecule has 2 unspecified atom stereocenters. The zero-order valence-corrected chi connectivity index (χ0v) is 16.8. The number of alkyl halides is 3. The third kappa shape index (κ3) is 4.36. The molecule has 0 saturated carbocycles. The third-order valence-corrected chi connectivity index (χ3v) is 5.71. The van der Waals surface area contributed by atoms with Gasteiger partial charge < -0.3 is 9.47 Å². The summed E-state index contributed by atoms with van der Waals surface area (Å²) in [6, 6.07) is 13.5. The molecule has 2 aromatic carbocycles. The van der Waals surface area contributed by atoms with Gasteiger partial charge in [0.15, 0.2) is 0 Å². The van der Waals surface area contributed by atoms with Crippen molar-refractivity contribution in [3.05, 3.63) is 63.6 Å². The van der Waals surface area contributed by atoms with Crippen LogP contribution in [0.4, 0.5) is 13.2 Å². The van der Waals surface area contributed by atoms with Gasteiger partial charge in [0.25, 0.3) is 0 Å². The molecule has 2 heterocycles. The van der Waals surface area contributed by atoms with E-state index in [1.165, 1.54) is 0 Å². The van der Waals surface area contributed by atoms with E-state index < -0.39 is 18.4 Å². The first-order valence-corrected chi connectivity index (χ1v) is 10.1. The number of hydrogen-bond donors (Lipinski definition) is 0. The summed E-state index contributed by atoms with van der Waals surface area (Å²) in [7, 11) is 0. The number of likely N-dealkylation sites (tertiary alicyclic amines) is 1. The number of benzene rings is 2. The highest BCUT2D eigenvalue weighted by atomic mass is 79.9. The lowest BCUT2D eigenvalue weighted by atomic mass is 9.96. The van der Waals surface area contributed by atoms with Gasteiger partial charge in [-0.15, -0.1) is 0 Å². The van der Waals surface area contributed by atoms with Crippen molar-refractivity contribution in [2.24, 2.45) is 5.92 Å². The molecular weight excluding hydrogens is 435 g/mol. The summed E-state index contributed by atoms with van der Waals surface area (Å²) in [6.45, 7) is 1.51. The minimum atomic E-state index is -4.14. The van der Waals surface area contributed by atoms with E-state index in [1.54, 1.807) is 0 Å². The Morgan fingerprint density at radius 3 is 2.68 bits per heavy atom. The molecule has 2 aliphatic rings. The predicted octanol–water partition coefficient (Wildman–Crippen LogP) is 5.83. The molecular formula is C21H21BrF3NO2. The molecule has 7 heteroatoms. The van der Waals surface area contributed by atoms with Crippen molar-refractivity contribution in [3.63, 3.8) is 0 Å². The Balaban J connectivity index is 1.56. The van der Waals surface area contributed by atoms with Crippen LogP contribution < -0.4 is 4.74 Å². The summed E-state index contributed by atoms with van der Waals surface area (Å²) in [4.78, 5) is 1.88. The van der Waals surface area contributed by atoms with Gasteiger partial charge in [-0.25, -0.2) is 0 Å². The van der Waals surface area contributed by atoms with Crippen molar-refractivity contribution in [1.82, 2.24) is 4.90 Å². The van der Waals surface area contributed by atoms with Gasteiger partial charge >= 0.3 is 6.18 Å². The van der Waals surface area contributed by atoms with Crippen LogP contribution in [0.3, 0.4) is 0 Å². The minimum absolute atomic E-state index is 0.0312. The Bertz CT molecular complexity index is 828. The van der Waals surface area contributed by atoms with Crippen LogP contribution in [0, 0.1) is 5.92 Å². The summed E-state index contributed by atoms with van der Waals surface area (Å²) < 4.78 is 52.3. The molecule has 4 rings (SSSR count). The number of rotatable bonds is 3. The number of fused-ring (bicyclic) bond motifs is 1. The Kier molecular flexibility index (Phi) is 5.67. The Hall–Kier alpha value is -1.57. The van der Waals surface area contributed by atoms with Crippen LogP contribution >= 0.6 is 15.9 Å². The van der Waals surface area contributed by atoms with E-state index in [-0.39, 0.29) is 13.0 Å². The van der Waals surface area contributed by atoms with Crippen LogP contribution in [0.5, 0.6) is 5.75 Å². The number of halogens is 4. The lowest BCUT2D eigenvalue weighted by molar-refractivity contribution is -0.187. The van der Waals surface area contributed by atoms with Crippen molar-refractivity contribution in [2.75, 3.05) is 13.1 Å². The summed E-state index contributed by atoms with van der Waals surface area (Å²) in [5.41, 5.74) is 2.70. The minimum Gasteiger partial charge on any atom is -0.460 e. The predicted molar refractivity (Wildman–Crippen MR) is 103 cm³/mol. The first-order chi connectivity index (χ1) is 13.4.